The van der Waals surface area contributed by atoms with E-state index in [1.807, 2.05) is 12.1 Å². The Kier molecular flexibility index (Phi) is 3.37. The van der Waals surface area contributed by atoms with Gasteiger partial charge in [0.15, 0.2) is 0 Å². The third-order valence-corrected chi connectivity index (χ3v) is 3.87. The maximum absolute atomic E-state index is 11.7. The lowest BCUT2D eigenvalue weighted by Crippen LogP contribution is -2.37. The number of nitrogens with one attached hydrogen (secondary N) is 1. The number of rotatable bonds is 5. The largest absolute Gasteiger partial charge is 0.468 e. The summed E-state index contributed by atoms with van der Waals surface area (Å²) in [6.45, 7) is 2.87. The Morgan fingerprint density at radius 2 is 2.22 bits per heavy atom. The van der Waals surface area contributed by atoms with Crippen molar-refractivity contribution in [1.82, 2.24) is 10.2 Å². The summed E-state index contributed by atoms with van der Waals surface area (Å²) in [7, 11) is 0. The minimum Gasteiger partial charge on any atom is -0.468 e. The molecule has 18 heavy (non-hydrogen) atoms. The Labute approximate surface area is 107 Å². The zero-order valence-corrected chi connectivity index (χ0v) is 10.6. The average Bonchev–Trinajstić information content (AvgIpc) is 2.89. The lowest BCUT2D eigenvalue weighted by molar-refractivity contribution is -0.122. The molecule has 1 aliphatic carbocycles. The second kappa shape index (κ2) is 5.14. The molecule has 1 aromatic rings. The molecule has 0 unspecified atom stereocenters. The van der Waals surface area contributed by atoms with Crippen molar-refractivity contribution in [1.29, 1.82) is 0 Å². The molecule has 1 amide bonds. The van der Waals surface area contributed by atoms with Crippen molar-refractivity contribution in [2.45, 2.75) is 31.7 Å². The number of hydrogen-bond acceptors (Lipinski definition) is 3. The van der Waals surface area contributed by atoms with Gasteiger partial charge in [-0.25, -0.2) is 0 Å². The smallest absolute Gasteiger partial charge is 0.223 e. The van der Waals surface area contributed by atoms with Crippen LogP contribution in [0.2, 0.25) is 0 Å². The number of carbonyl (C=O) groups excluding carboxylic acids is 1. The summed E-state index contributed by atoms with van der Waals surface area (Å²) in [6.07, 6.45) is 6.31. The molecule has 3 rings (SSSR count). The minimum atomic E-state index is 0.199. The van der Waals surface area contributed by atoms with E-state index >= 15 is 0 Å². The molecule has 2 aliphatic rings. The van der Waals surface area contributed by atoms with Gasteiger partial charge in [0.25, 0.3) is 0 Å². The predicted molar refractivity (Wildman–Crippen MR) is 68.0 cm³/mol. The Morgan fingerprint density at radius 3 is 2.83 bits per heavy atom. The Hall–Kier alpha value is -1.29. The van der Waals surface area contributed by atoms with Crippen LogP contribution in [0, 0.1) is 5.92 Å². The van der Waals surface area contributed by atoms with E-state index in [1.54, 1.807) is 6.26 Å². The van der Waals surface area contributed by atoms with E-state index in [1.165, 1.54) is 12.8 Å². The van der Waals surface area contributed by atoms with Gasteiger partial charge < -0.3 is 9.73 Å². The number of nitrogens with zero attached hydrogens (tertiary/aromatic N) is 1. The van der Waals surface area contributed by atoms with Crippen molar-refractivity contribution in [3.63, 3.8) is 0 Å². The summed E-state index contributed by atoms with van der Waals surface area (Å²) in [6, 6.07) is 4.12. The number of carbonyl (C=O) groups is 1. The van der Waals surface area contributed by atoms with Crippen LogP contribution in [0.15, 0.2) is 22.8 Å². The highest BCUT2D eigenvalue weighted by atomic mass is 16.3. The van der Waals surface area contributed by atoms with Gasteiger partial charge in [0.05, 0.1) is 12.3 Å². The van der Waals surface area contributed by atoms with Crippen molar-refractivity contribution < 1.29 is 9.21 Å². The predicted octanol–water partition coefficient (Wildman–Crippen LogP) is 1.94. The molecule has 2 heterocycles. The van der Waals surface area contributed by atoms with Crippen molar-refractivity contribution in [2.75, 3.05) is 19.6 Å². The summed E-state index contributed by atoms with van der Waals surface area (Å²) in [4.78, 5) is 14.1. The molecule has 0 spiro atoms. The zero-order valence-electron chi connectivity index (χ0n) is 10.6. The highest BCUT2D eigenvalue weighted by molar-refractivity contribution is 5.80. The maximum Gasteiger partial charge on any atom is 0.223 e. The molecule has 1 aliphatic heterocycles. The summed E-state index contributed by atoms with van der Waals surface area (Å²) in [5, 5.41) is 3.07. The Bertz CT molecular complexity index is 392. The lowest BCUT2D eigenvalue weighted by atomic mass is 10.2. The fourth-order valence-corrected chi connectivity index (χ4v) is 2.63. The summed E-state index contributed by atoms with van der Waals surface area (Å²) < 4.78 is 5.52. The van der Waals surface area contributed by atoms with E-state index in [4.69, 9.17) is 4.42 Å². The minimum absolute atomic E-state index is 0.199. The normalized spacial score (nSPS) is 22.0. The molecule has 0 radical (unpaired) electrons. The van der Waals surface area contributed by atoms with E-state index in [0.29, 0.717) is 6.54 Å². The van der Waals surface area contributed by atoms with Crippen molar-refractivity contribution in [2.24, 2.45) is 5.92 Å². The summed E-state index contributed by atoms with van der Waals surface area (Å²) in [5.41, 5.74) is 0. The first-order valence-corrected chi connectivity index (χ1v) is 6.90. The van der Waals surface area contributed by atoms with E-state index < -0.39 is 0 Å². The number of amides is 1. The van der Waals surface area contributed by atoms with Crippen LogP contribution in [0.3, 0.4) is 0 Å². The SMILES string of the molecule is O=C(NC[C@H](c1ccco1)N1CCCC1)C1CC1. The molecule has 4 heteroatoms. The van der Waals surface area contributed by atoms with Gasteiger partial charge in [0, 0.05) is 12.5 Å². The molecule has 1 aromatic heterocycles. The number of furan rings is 1. The van der Waals surface area contributed by atoms with E-state index in [0.717, 1.165) is 31.7 Å². The standard InChI is InChI=1S/C14H20N2O2/c17-14(11-5-6-11)15-10-12(13-4-3-9-18-13)16-7-1-2-8-16/h3-4,9,11-12H,1-2,5-8,10H2,(H,15,17)/t12-/m1/s1. The average molecular weight is 248 g/mol. The van der Waals surface area contributed by atoms with Gasteiger partial charge in [0.2, 0.25) is 5.91 Å². The van der Waals surface area contributed by atoms with Gasteiger partial charge in [-0.15, -0.1) is 0 Å². The van der Waals surface area contributed by atoms with Gasteiger partial charge in [-0.2, -0.15) is 0 Å². The third-order valence-electron chi connectivity index (χ3n) is 3.87. The first-order valence-electron chi connectivity index (χ1n) is 6.90. The van der Waals surface area contributed by atoms with Crippen LogP contribution >= 0.6 is 0 Å². The maximum atomic E-state index is 11.7. The second-order valence-corrected chi connectivity index (χ2v) is 5.29. The van der Waals surface area contributed by atoms with Crippen LogP contribution < -0.4 is 5.32 Å². The molecular formula is C14H20N2O2. The number of likely N-dealkylation sites (tertiary alicyclic amines) is 1. The topological polar surface area (TPSA) is 45.5 Å². The van der Waals surface area contributed by atoms with Gasteiger partial charge in [-0.05, 0) is 50.9 Å². The highest BCUT2D eigenvalue weighted by Gasteiger charge is 2.31. The monoisotopic (exact) mass is 248 g/mol. The lowest BCUT2D eigenvalue weighted by Gasteiger charge is -2.26. The number of hydrogen-bond donors (Lipinski definition) is 1. The molecule has 1 saturated heterocycles. The fourth-order valence-electron chi connectivity index (χ4n) is 2.63. The van der Waals surface area contributed by atoms with Gasteiger partial charge >= 0.3 is 0 Å². The van der Waals surface area contributed by atoms with Gasteiger partial charge in [0.1, 0.15) is 5.76 Å². The molecule has 0 bridgehead atoms. The molecule has 1 N–H and O–H groups in total. The van der Waals surface area contributed by atoms with Crippen LogP contribution in [0.5, 0.6) is 0 Å². The molecule has 1 saturated carbocycles. The molecule has 98 valence electrons. The van der Waals surface area contributed by atoms with Crippen molar-refractivity contribution in [3.05, 3.63) is 24.2 Å². The van der Waals surface area contributed by atoms with E-state index in [9.17, 15) is 4.79 Å². The van der Waals surface area contributed by atoms with Gasteiger partial charge in [-0.3, -0.25) is 9.69 Å². The fraction of sp³-hybridized carbons (Fsp3) is 0.643. The van der Waals surface area contributed by atoms with Crippen LogP contribution in [0.1, 0.15) is 37.5 Å². The quantitative estimate of drug-likeness (QED) is 0.866. The van der Waals surface area contributed by atoms with E-state index in [2.05, 4.69) is 10.2 Å². The highest BCUT2D eigenvalue weighted by Crippen LogP contribution is 2.29. The van der Waals surface area contributed by atoms with E-state index in [-0.39, 0.29) is 17.9 Å². The molecule has 1 atom stereocenters. The first-order chi connectivity index (χ1) is 8.84. The van der Waals surface area contributed by atoms with Crippen LogP contribution in [-0.4, -0.2) is 30.4 Å². The molecular weight excluding hydrogens is 228 g/mol. The van der Waals surface area contributed by atoms with Gasteiger partial charge in [-0.1, -0.05) is 0 Å². The summed E-state index contributed by atoms with van der Waals surface area (Å²) in [5.74, 6) is 1.46. The van der Waals surface area contributed by atoms with Crippen molar-refractivity contribution in [3.8, 4) is 0 Å². The third kappa shape index (κ3) is 2.58. The van der Waals surface area contributed by atoms with Crippen molar-refractivity contribution >= 4 is 5.91 Å². The Morgan fingerprint density at radius 1 is 1.44 bits per heavy atom. The first kappa shape index (κ1) is 11.8. The van der Waals surface area contributed by atoms with Crippen LogP contribution in [0.25, 0.3) is 0 Å². The zero-order chi connectivity index (χ0) is 12.4. The Balaban J connectivity index is 1.63. The molecule has 2 fully saturated rings. The molecule has 0 aromatic carbocycles. The molecule has 4 nitrogen and oxygen atoms in total. The second-order valence-electron chi connectivity index (χ2n) is 5.29. The summed E-state index contributed by atoms with van der Waals surface area (Å²) >= 11 is 0. The van der Waals surface area contributed by atoms with Crippen LogP contribution in [0.4, 0.5) is 0 Å². The van der Waals surface area contributed by atoms with Crippen LogP contribution in [-0.2, 0) is 4.79 Å².